The summed E-state index contributed by atoms with van der Waals surface area (Å²) in [5.41, 5.74) is 5.38. The molecule has 0 fully saturated rings. The summed E-state index contributed by atoms with van der Waals surface area (Å²) in [4.78, 5) is 9.46. The van der Waals surface area contributed by atoms with Gasteiger partial charge in [-0.05, 0) is 5.92 Å². The third kappa shape index (κ3) is 5.78. The van der Waals surface area contributed by atoms with Crippen LogP contribution in [0.5, 0.6) is 0 Å². The molecule has 0 aliphatic heterocycles. The predicted molar refractivity (Wildman–Crippen MR) is 41.9 cm³/mol. The van der Waals surface area contributed by atoms with Crippen LogP contribution < -0.4 is 5.73 Å². The van der Waals surface area contributed by atoms with Gasteiger partial charge >= 0.3 is 0 Å². The highest BCUT2D eigenvalue weighted by atomic mass is 35.5. The molecule has 0 saturated heterocycles. The van der Waals surface area contributed by atoms with Gasteiger partial charge in [0.15, 0.2) is 0 Å². The summed E-state index contributed by atoms with van der Waals surface area (Å²) in [6, 6.07) is -0.306. The van der Waals surface area contributed by atoms with Gasteiger partial charge in [-0.2, -0.15) is 0 Å². The first-order chi connectivity index (χ1) is 4.04. The van der Waals surface area contributed by atoms with Gasteiger partial charge < -0.3 is 5.73 Å². The molecule has 0 radical (unpaired) electrons. The van der Waals surface area contributed by atoms with E-state index in [9.17, 15) is 10.1 Å². The van der Waals surface area contributed by atoms with Crippen LogP contribution in [0.25, 0.3) is 0 Å². The van der Waals surface area contributed by atoms with E-state index in [0.29, 0.717) is 0 Å². The Morgan fingerprint density at radius 3 is 2.10 bits per heavy atom. The lowest BCUT2D eigenvalue weighted by Gasteiger charge is -2.08. The third-order valence-corrected chi connectivity index (χ3v) is 1.22. The smallest absolute Gasteiger partial charge is 0.219 e. The van der Waals surface area contributed by atoms with Crippen LogP contribution >= 0.6 is 12.4 Å². The molecule has 0 unspecified atom stereocenters. The number of nitro groups is 1. The maximum Gasteiger partial charge on any atom is 0.219 e. The first-order valence-electron chi connectivity index (χ1n) is 2.91. The van der Waals surface area contributed by atoms with E-state index in [1.54, 1.807) is 0 Å². The minimum atomic E-state index is -0.384. The standard InChI is InChI=1S/C5H12N2O2.ClH/c1-4(2)5(6)3-7(8)9;/h4-5H,3,6H2,1-2H3;1H/t5-;/m1./s1. The van der Waals surface area contributed by atoms with Crippen molar-refractivity contribution in [3.05, 3.63) is 10.1 Å². The van der Waals surface area contributed by atoms with Gasteiger partial charge in [-0.3, -0.25) is 10.1 Å². The summed E-state index contributed by atoms with van der Waals surface area (Å²) < 4.78 is 0. The number of halogens is 1. The number of rotatable bonds is 3. The molecule has 0 saturated carbocycles. The third-order valence-electron chi connectivity index (χ3n) is 1.22. The summed E-state index contributed by atoms with van der Waals surface area (Å²) >= 11 is 0. The molecule has 0 aromatic rings. The average Bonchev–Trinajstić information content (AvgIpc) is 1.63. The van der Waals surface area contributed by atoms with Crippen LogP contribution in [0.4, 0.5) is 0 Å². The largest absolute Gasteiger partial charge is 0.322 e. The molecule has 0 aliphatic carbocycles. The van der Waals surface area contributed by atoms with Crippen LogP contribution in [0.15, 0.2) is 0 Å². The molecule has 0 aromatic heterocycles. The van der Waals surface area contributed by atoms with E-state index in [0.717, 1.165) is 0 Å². The molecule has 0 bridgehead atoms. The van der Waals surface area contributed by atoms with Crippen LogP contribution in [0.2, 0.25) is 0 Å². The van der Waals surface area contributed by atoms with Crippen molar-refractivity contribution in [2.24, 2.45) is 11.7 Å². The van der Waals surface area contributed by atoms with Gasteiger partial charge in [0.25, 0.3) is 0 Å². The van der Waals surface area contributed by atoms with Crippen molar-refractivity contribution in [2.75, 3.05) is 6.54 Å². The van der Waals surface area contributed by atoms with E-state index < -0.39 is 0 Å². The fourth-order valence-electron chi connectivity index (χ4n) is 0.383. The van der Waals surface area contributed by atoms with Gasteiger partial charge in [-0.15, -0.1) is 12.4 Å². The van der Waals surface area contributed by atoms with E-state index in [2.05, 4.69) is 0 Å². The Bertz CT molecular complexity index is 108. The van der Waals surface area contributed by atoms with Crippen molar-refractivity contribution in [1.29, 1.82) is 0 Å². The SMILES string of the molecule is CC(C)[C@H](N)C[N+](=O)[O-].Cl. The van der Waals surface area contributed by atoms with Crippen LogP contribution in [-0.4, -0.2) is 17.5 Å². The summed E-state index contributed by atoms with van der Waals surface area (Å²) in [5, 5.41) is 9.84. The van der Waals surface area contributed by atoms with Gasteiger partial charge in [0.1, 0.15) is 0 Å². The second-order valence-electron chi connectivity index (χ2n) is 2.42. The lowest BCUT2D eigenvalue weighted by atomic mass is 10.1. The Kier molecular flexibility index (Phi) is 6.71. The maximum atomic E-state index is 9.84. The fraction of sp³-hybridized carbons (Fsp3) is 1.00. The lowest BCUT2D eigenvalue weighted by Crippen LogP contribution is -2.33. The van der Waals surface area contributed by atoms with Crippen LogP contribution in [0.1, 0.15) is 13.8 Å². The van der Waals surface area contributed by atoms with Crippen molar-refractivity contribution in [3.8, 4) is 0 Å². The number of hydrogen-bond donors (Lipinski definition) is 1. The van der Waals surface area contributed by atoms with Gasteiger partial charge in [0, 0.05) is 4.92 Å². The molecule has 2 N–H and O–H groups in total. The fourth-order valence-corrected chi connectivity index (χ4v) is 0.383. The molecule has 0 aromatic carbocycles. The average molecular weight is 169 g/mol. The number of nitrogens with two attached hydrogens (primary N) is 1. The van der Waals surface area contributed by atoms with E-state index >= 15 is 0 Å². The molecule has 5 heteroatoms. The van der Waals surface area contributed by atoms with E-state index in [1.165, 1.54) is 0 Å². The van der Waals surface area contributed by atoms with Crippen molar-refractivity contribution in [2.45, 2.75) is 19.9 Å². The van der Waals surface area contributed by atoms with E-state index in [4.69, 9.17) is 5.73 Å². The normalized spacial score (nSPS) is 12.4. The Morgan fingerprint density at radius 1 is 1.60 bits per heavy atom. The summed E-state index contributed by atoms with van der Waals surface area (Å²) in [6.45, 7) is 3.61. The van der Waals surface area contributed by atoms with Crippen molar-refractivity contribution >= 4 is 12.4 Å². The summed E-state index contributed by atoms with van der Waals surface area (Å²) in [7, 11) is 0. The molecule has 10 heavy (non-hydrogen) atoms. The van der Waals surface area contributed by atoms with E-state index in [1.807, 2.05) is 13.8 Å². The molecule has 1 atom stereocenters. The molecule has 62 valence electrons. The quantitative estimate of drug-likeness (QED) is 0.498. The molecular weight excluding hydrogens is 156 g/mol. The highest BCUT2D eigenvalue weighted by molar-refractivity contribution is 5.85. The predicted octanol–water partition coefficient (Wildman–Crippen LogP) is 0.668. The Balaban J connectivity index is 0. The van der Waals surface area contributed by atoms with Crippen molar-refractivity contribution in [1.82, 2.24) is 0 Å². The maximum absolute atomic E-state index is 9.84. The van der Waals surface area contributed by atoms with E-state index in [-0.39, 0.29) is 35.8 Å². The molecule has 0 amide bonds. The van der Waals surface area contributed by atoms with Crippen molar-refractivity contribution in [3.63, 3.8) is 0 Å². The zero-order valence-corrected chi connectivity index (χ0v) is 6.93. The molecule has 4 nitrogen and oxygen atoms in total. The minimum Gasteiger partial charge on any atom is -0.322 e. The molecule has 0 rings (SSSR count). The number of nitrogens with zero attached hydrogens (tertiary/aromatic N) is 1. The van der Waals surface area contributed by atoms with Gasteiger partial charge in [-0.1, -0.05) is 13.8 Å². The Labute approximate surface area is 66.3 Å². The highest BCUT2D eigenvalue weighted by Gasteiger charge is 2.12. The monoisotopic (exact) mass is 168 g/mol. The number of hydrogen-bond acceptors (Lipinski definition) is 3. The first-order valence-corrected chi connectivity index (χ1v) is 2.91. The zero-order chi connectivity index (χ0) is 7.44. The summed E-state index contributed by atoms with van der Waals surface area (Å²) in [6.07, 6.45) is 0. The van der Waals surface area contributed by atoms with Crippen molar-refractivity contribution < 1.29 is 4.92 Å². The molecule has 0 aliphatic rings. The highest BCUT2D eigenvalue weighted by Crippen LogP contribution is 1.96. The Morgan fingerprint density at radius 2 is 2.00 bits per heavy atom. The van der Waals surface area contributed by atoms with Gasteiger partial charge in [0.05, 0.1) is 6.04 Å². The second kappa shape index (κ2) is 5.44. The van der Waals surface area contributed by atoms with Crippen LogP contribution in [0.3, 0.4) is 0 Å². The topological polar surface area (TPSA) is 69.2 Å². The molecule has 0 spiro atoms. The van der Waals surface area contributed by atoms with Gasteiger partial charge in [0.2, 0.25) is 6.54 Å². The van der Waals surface area contributed by atoms with Crippen LogP contribution in [0, 0.1) is 16.0 Å². The minimum absolute atomic E-state index is 0. The first kappa shape index (κ1) is 12.3. The second-order valence-corrected chi connectivity index (χ2v) is 2.42. The molecule has 0 heterocycles. The Hall–Kier alpha value is -0.350. The summed E-state index contributed by atoms with van der Waals surface area (Å²) in [5.74, 6) is 0.190. The van der Waals surface area contributed by atoms with Gasteiger partial charge in [-0.25, -0.2) is 0 Å². The lowest BCUT2D eigenvalue weighted by molar-refractivity contribution is -0.483. The molecular formula is C5H13ClN2O2. The zero-order valence-electron chi connectivity index (χ0n) is 6.11. The van der Waals surface area contributed by atoms with Crippen LogP contribution in [-0.2, 0) is 0 Å².